The molecule has 0 radical (unpaired) electrons. The fourth-order valence-corrected chi connectivity index (χ4v) is 2.63. The van der Waals surface area contributed by atoms with E-state index in [9.17, 15) is 18.0 Å². The largest absolute Gasteiger partial charge is 0.490 e. The maximum Gasteiger partial charge on any atom is 0.490 e. The molecular formula is C20H22F3N5O4. The Morgan fingerprint density at radius 1 is 1.19 bits per heavy atom. The van der Waals surface area contributed by atoms with Gasteiger partial charge < -0.3 is 19.7 Å². The Bertz CT molecular complexity index is 1090. The predicted molar refractivity (Wildman–Crippen MR) is 109 cm³/mol. The molecule has 0 aliphatic heterocycles. The SMILES string of the molecule is COCc1nn(C)cc1C(=O)Nc1ccc(-n2cnc(C)c2C)cc1.O=C(O)C(F)(F)F. The molecule has 0 saturated carbocycles. The number of imidazole rings is 1. The molecule has 0 fully saturated rings. The highest BCUT2D eigenvalue weighted by molar-refractivity contribution is 6.04. The van der Waals surface area contributed by atoms with Crippen LogP contribution >= 0.6 is 0 Å². The van der Waals surface area contributed by atoms with Crippen molar-refractivity contribution in [2.24, 2.45) is 7.05 Å². The van der Waals surface area contributed by atoms with Gasteiger partial charge in [-0.05, 0) is 38.1 Å². The second-order valence-electron chi connectivity index (χ2n) is 6.69. The lowest BCUT2D eigenvalue weighted by Gasteiger charge is -2.08. The number of anilines is 1. The first-order valence-corrected chi connectivity index (χ1v) is 9.18. The van der Waals surface area contributed by atoms with Crippen molar-refractivity contribution in [3.05, 3.63) is 59.4 Å². The van der Waals surface area contributed by atoms with Gasteiger partial charge in [-0.2, -0.15) is 18.3 Å². The van der Waals surface area contributed by atoms with Crippen molar-refractivity contribution in [3.8, 4) is 5.69 Å². The third-order valence-electron chi connectivity index (χ3n) is 4.33. The van der Waals surface area contributed by atoms with Crippen LogP contribution in [0, 0.1) is 13.8 Å². The molecule has 3 aromatic rings. The van der Waals surface area contributed by atoms with Gasteiger partial charge in [-0.1, -0.05) is 0 Å². The number of benzene rings is 1. The number of aliphatic carboxylic acids is 1. The van der Waals surface area contributed by atoms with E-state index in [0.717, 1.165) is 22.8 Å². The number of nitrogens with one attached hydrogen (secondary N) is 1. The summed E-state index contributed by atoms with van der Waals surface area (Å²) in [6.07, 6.45) is -1.60. The Morgan fingerprint density at radius 2 is 1.78 bits per heavy atom. The lowest BCUT2D eigenvalue weighted by molar-refractivity contribution is -0.192. The minimum Gasteiger partial charge on any atom is -0.475 e. The zero-order chi connectivity index (χ0) is 24.1. The Hall–Kier alpha value is -3.67. The minimum absolute atomic E-state index is 0.206. The highest BCUT2D eigenvalue weighted by Gasteiger charge is 2.38. The van der Waals surface area contributed by atoms with Gasteiger partial charge in [0.15, 0.2) is 0 Å². The van der Waals surface area contributed by atoms with Crippen LogP contribution in [-0.4, -0.2) is 49.6 Å². The lowest BCUT2D eigenvalue weighted by atomic mass is 10.2. The Balaban J connectivity index is 0.000000451. The molecule has 0 atom stereocenters. The highest BCUT2D eigenvalue weighted by atomic mass is 19.4. The predicted octanol–water partition coefficient (Wildman–Crippen LogP) is 3.25. The summed E-state index contributed by atoms with van der Waals surface area (Å²) in [6.45, 7) is 4.30. The number of nitrogens with zero attached hydrogens (tertiary/aromatic N) is 4. The zero-order valence-electron chi connectivity index (χ0n) is 17.8. The Kier molecular flexibility index (Phi) is 7.76. The van der Waals surface area contributed by atoms with E-state index in [1.165, 1.54) is 0 Å². The fourth-order valence-electron chi connectivity index (χ4n) is 2.63. The van der Waals surface area contributed by atoms with Crippen molar-refractivity contribution in [2.75, 3.05) is 12.4 Å². The number of halogens is 3. The molecule has 12 heteroatoms. The number of alkyl halides is 3. The second-order valence-corrected chi connectivity index (χ2v) is 6.69. The van der Waals surface area contributed by atoms with E-state index in [0.29, 0.717) is 17.9 Å². The number of carboxylic acid groups (broad SMARTS) is 1. The molecular weight excluding hydrogens is 431 g/mol. The van der Waals surface area contributed by atoms with Crippen LogP contribution in [0.1, 0.15) is 27.4 Å². The van der Waals surface area contributed by atoms with Gasteiger partial charge in [0.25, 0.3) is 5.91 Å². The second kappa shape index (κ2) is 10.1. The van der Waals surface area contributed by atoms with E-state index in [4.69, 9.17) is 14.6 Å². The number of rotatable bonds is 5. The number of carbonyl (C=O) groups is 2. The molecule has 0 aliphatic rings. The van der Waals surface area contributed by atoms with Crippen LogP contribution in [0.25, 0.3) is 5.69 Å². The first-order chi connectivity index (χ1) is 14.9. The number of ether oxygens (including phenoxy) is 1. The topological polar surface area (TPSA) is 111 Å². The smallest absolute Gasteiger partial charge is 0.475 e. The van der Waals surface area contributed by atoms with Crippen LogP contribution in [0.4, 0.5) is 18.9 Å². The average Bonchev–Trinajstić information content (AvgIpc) is 3.25. The summed E-state index contributed by atoms with van der Waals surface area (Å²) in [7, 11) is 3.36. The van der Waals surface area contributed by atoms with Gasteiger partial charge in [-0.15, -0.1) is 0 Å². The van der Waals surface area contributed by atoms with Crippen LogP contribution in [0.2, 0.25) is 0 Å². The van der Waals surface area contributed by atoms with Crippen LogP contribution in [0.3, 0.4) is 0 Å². The van der Waals surface area contributed by atoms with Crippen molar-refractivity contribution in [1.82, 2.24) is 19.3 Å². The molecule has 0 spiro atoms. The number of amides is 1. The molecule has 2 heterocycles. The summed E-state index contributed by atoms with van der Waals surface area (Å²) in [5.74, 6) is -2.96. The summed E-state index contributed by atoms with van der Waals surface area (Å²) in [5, 5.41) is 14.3. The number of aromatic nitrogens is 4. The number of hydrogen-bond acceptors (Lipinski definition) is 5. The number of carboxylic acids is 1. The summed E-state index contributed by atoms with van der Waals surface area (Å²) in [6, 6.07) is 7.63. The Morgan fingerprint density at radius 3 is 2.25 bits per heavy atom. The molecule has 3 rings (SSSR count). The van der Waals surface area contributed by atoms with Gasteiger partial charge in [0.2, 0.25) is 0 Å². The maximum absolute atomic E-state index is 12.5. The van der Waals surface area contributed by atoms with E-state index >= 15 is 0 Å². The third-order valence-corrected chi connectivity index (χ3v) is 4.33. The molecule has 0 saturated heterocycles. The zero-order valence-corrected chi connectivity index (χ0v) is 17.8. The van der Waals surface area contributed by atoms with Gasteiger partial charge >= 0.3 is 12.1 Å². The van der Waals surface area contributed by atoms with E-state index < -0.39 is 12.1 Å². The summed E-state index contributed by atoms with van der Waals surface area (Å²) < 4.78 is 40.5. The van der Waals surface area contributed by atoms with E-state index in [1.54, 1.807) is 31.4 Å². The summed E-state index contributed by atoms with van der Waals surface area (Å²) in [5.41, 5.74) is 4.93. The van der Waals surface area contributed by atoms with Crippen molar-refractivity contribution in [2.45, 2.75) is 26.6 Å². The van der Waals surface area contributed by atoms with Gasteiger partial charge in [0, 0.05) is 37.4 Å². The molecule has 0 bridgehead atoms. The quantitative estimate of drug-likeness (QED) is 0.614. The van der Waals surface area contributed by atoms with Gasteiger partial charge in [-0.3, -0.25) is 9.48 Å². The summed E-state index contributed by atoms with van der Waals surface area (Å²) >= 11 is 0. The fraction of sp³-hybridized carbons (Fsp3) is 0.300. The van der Waals surface area contributed by atoms with E-state index in [2.05, 4.69) is 15.4 Å². The average molecular weight is 453 g/mol. The van der Waals surface area contributed by atoms with Crippen LogP contribution in [0.5, 0.6) is 0 Å². The number of methoxy groups -OCH3 is 1. The highest BCUT2D eigenvalue weighted by Crippen LogP contribution is 2.18. The molecule has 9 nitrogen and oxygen atoms in total. The van der Waals surface area contributed by atoms with E-state index in [-0.39, 0.29) is 5.91 Å². The molecule has 32 heavy (non-hydrogen) atoms. The first-order valence-electron chi connectivity index (χ1n) is 9.18. The van der Waals surface area contributed by atoms with Crippen LogP contribution in [-0.2, 0) is 23.2 Å². The molecule has 0 unspecified atom stereocenters. The number of carbonyl (C=O) groups excluding carboxylic acids is 1. The molecule has 0 aliphatic carbocycles. The molecule has 172 valence electrons. The van der Waals surface area contributed by atoms with Crippen molar-refractivity contribution in [1.29, 1.82) is 0 Å². The van der Waals surface area contributed by atoms with Gasteiger partial charge in [0.05, 0.1) is 24.2 Å². The Labute approximate surface area is 181 Å². The minimum atomic E-state index is -5.08. The van der Waals surface area contributed by atoms with Gasteiger partial charge in [-0.25, -0.2) is 9.78 Å². The van der Waals surface area contributed by atoms with E-state index in [1.807, 2.05) is 42.7 Å². The summed E-state index contributed by atoms with van der Waals surface area (Å²) in [4.78, 5) is 25.7. The molecule has 1 amide bonds. The standard InChI is InChI=1S/C18H21N5O2.C2HF3O2/c1-12-13(2)23(11-19-12)15-7-5-14(6-8-15)20-18(24)16-9-22(3)21-17(16)10-25-4;3-2(4,5)1(6)7/h5-9,11H,10H2,1-4H3,(H,20,24);(H,6,7). The van der Waals surface area contributed by atoms with Crippen LogP contribution < -0.4 is 5.32 Å². The monoisotopic (exact) mass is 453 g/mol. The number of aryl methyl sites for hydroxylation is 2. The maximum atomic E-state index is 12.5. The van der Waals surface area contributed by atoms with Crippen molar-refractivity contribution >= 4 is 17.6 Å². The van der Waals surface area contributed by atoms with Crippen molar-refractivity contribution in [3.63, 3.8) is 0 Å². The number of hydrogen-bond donors (Lipinski definition) is 2. The molecule has 2 N–H and O–H groups in total. The molecule has 1 aromatic carbocycles. The first kappa shape index (κ1) is 24.6. The van der Waals surface area contributed by atoms with Gasteiger partial charge in [0.1, 0.15) is 5.69 Å². The third kappa shape index (κ3) is 6.17. The normalized spacial score (nSPS) is 11.0. The lowest BCUT2D eigenvalue weighted by Crippen LogP contribution is -2.21. The van der Waals surface area contributed by atoms with Crippen molar-refractivity contribution < 1.29 is 32.6 Å². The van der Waals surface area contributed by atoms with Crippen LogP contribution in [0.15, 0.2) is 36.8 Å². The molecule has 2 aromatic heterocycles.